The summed E-state index contributed by atoms with van der Waals surface area (Å²) in [5.74, 6) is 1.74. The molecule has 8 nitrogen and oxygen atoms in total. The van der Waals surface area contributed by atoms with E-state index in [-0.39, 0.29) is 5.91 Å². The van der Waals surface area contributed by atoms with E-state index in [0.29, 0.717) is 32.5 Å². The molecule has 0 spiro atoms. The SMILES string of the molecule is Cc1cc(N2CCC[C@@](O)(CN(C)C(=O)CCn3c(C)nc4ccccc43)C2)ncn1. The Hall–Kier alpha value is -3.00. The summed E-state index contributed by atoms with van der Waals surface area (Å²) in [6.07, 6.45) is 3.43. The molecule has 1 aliphatic rings. The predicted octanol–water partition coefficient (Wildman–Crippen LogP) is 2.32. The lowest BCUT2D eigenvalue weighted by atomic mass is 9.92. The molecule has 8 heteroatoms. The summed E-state index contributed by atoms with van der Waals surface area (Å²) in [6, 6.07) is 9.89. The molecule has 0 aliphatic carbocycles. The van der Waals surface area contributed by atoms with Crippen LogP contribution in [0.5, 0.6) is 0 Å². The summed E-state index contributed by atoms with van der Waals surface area (Å²) in [4.78, 5) is 29.6. The maximum Gasteiger partial charge on any atom is 0.224 e. The van der Waals surface area contributed by atoms with Crippen molar-refractivity contribution >= 4 is 22.8 Å². The molecule has 1 saturated heterocycles. The van der Waals surface area contributed by atoms with Gasteiger partial charge in [0.1, 0.15) is 18.0 Å². The first-order valence-corrected chi connectivity index (χ1v) is 10.8. The van der Waals surface area contributed by atoms with Gasteiger partial charge in [0.15, 0.2) is 0 Å². The highest BCUT2D eigenvalue weighted by atomic mass is 16.3. The van der Waals surface area contributed by atoms with Crippen LogP contribution in [0.4, 0.5) is 5.82 Å². The van der Waals surface area contributed by atoms with E-state index in [1.807, 2.05) is 44.2 Å². The fraction of sp³-hybridized carbons (Fsp3) is 0.478. The molecular weight excluding hydrogens is 392 g/mol. The van der Waals surface area contributed by atoms with Gasteiger partial charge in [0.05, 0.1) is 23.2 Å². The number of piperidine rings is 1. The minimum atomic E-state index is -0.959. The average Bonchev–Trinajstić information content (AvgIpc) is 3.06. The summed E-state index contributed by atoms with van der Waals surface area (Å²) in [6.45, 7) is 6.05. The van der Waals surface area contributed by atoms with Crippen molar-refractivity contribution in [3.8, 4) is 0 Å². The Labute approximate surface area is 182 Å². The monoisotopic (exact) mass is 422 g/mol. The number of hydrogen-bond donors (Lipinski definition) is 1. The molecule has 1 fully saturated rings. The first-order chi connectivity index (χ1) is 14.8. The van der Waals surface area contributed by atoms with Crippen molar-refractivity contribution in [3.05, 3.63) is 48.2 Å². The number of anilines is 1. The minimum Gasteiger partial charge on any atom is -0.386 e. The molecule has 1 aromatic carbocycles. The number of aromatic nitrogens is 4. The molecule has 2 aromatic heterocycles. The Morgan fingerprint density at radius 1 is 1.26 bits per heavy atom. The van der Waals surface area contributed by atoms with Gasteiger partial charge in [0.25, 0.3) is 0 Å². The van der Waals surface area contributed by atoms with E-state index >= 15 is 0 Å². The second kappa shape index (κ2) is 8.63. The molecule has 4 rings (SSSR count). The smallest absolute Gasteiger partial charge is 0.224 e. The van der Waals surface area contributed by atoms with Crippen LogP contribution in [0.2, 0.25) is 0 Å². The van der Waals surface area contributed by atoms with E-state index in [1.165, 1.54) is 0 Å². The van der Waals surface area contributed by atoms with Crippen molar-refractivity contribution in [1.29, 1.82) is 0 Å². The number of aryl methyl sites for hydroxylation is 3. The molecule has 1 aliphatic heterocycles. The number of nitrogens with zero attached hydrogens (tertiary/aromatic N) is 6. The van der Waals surface area contributed by atoms with Crippen molar-refractivity contribution in [2.75, 3.05) is 31.6 Å². The molecular formula is C23H30N6O2. The largest absolute Gasteiger partial charge is 0.386 e. The molecule has 164 valence electrons. The molecule has 1 amide bonds. The van der Waals surface area contributed by atoms with Gasteiger partial charge < -0.3 is 19.5 Å². The van der Waals surface area contributed by atoms with Crippen molar-refractivity contribution in [1.82, 2.24) is 24.4 Å². The Kier molecular flexibility index (Phi) is 5.91. The first-order valence-electron chi connectivity index (χ1n) is 10.8. The summed E-state index contributed by atoms with van der Waals surface area (Å²) < 4.78 is 2.08. The van der Waals surface area contributed by atoms with Gasteiger partial charge in [-0.25, -0.2) is 15.0 Å². The fourth-order valence-corrected chi connectivity index (χ4v) is 4.46. The van der Waals surface area contributed by atoms with Crippen LogP contribution in [0, 0.1) is 13.8 Å². The van der Waals surface area contributed by atoms with Gasteiger partial charge in [-0.1, -0.05) is 12.1 Å². The normalized spacial score (nSPS) is 19.0. The van der Waals surface area contributed by atoms with Gasteiger partial charge in [0.2, 0.25) is 5.91 Å². The zero-order valence-corrected chi connectivity index (χ0v) is 18.5. The maximum atomic E-state index is 12.8. The Balaban J connectivity index is 1.38. The van der Waals surface area contributed by atoms with E-state index in [0.717, 1.165) is 41.3 Å². The second-order valence-corrected chi connectivity index (χ2v) is 8.57. The number of hydrogen-bond acceptors (Lipinski definition) is 6. The van der Waals surface area contributed by atoms with Crippen LogP contribution in [-0.4, -0.2) is 67.7 Å². The minimum absolute atomic E-state index is 0.0145. The number of carbonyl (C=O) groups excluding carboxylic acids is 1. The molecule has 31 heavy (non-hydrogen) atoms. The lowest BCUT2D eigenvalue weighted by molar-refractivity contribution is -0.133. The van der Waals surface area contributed by atoms with Gasteiger partial charge in [-0.05, 0) is 38.8 Å². The second-order valence-electron chi connectivity index (χ2n) is 8.57. The summed E-state index contributed by atoms with van der Waals surface area (Å²) in [7, 11) is 1.77. The number of imidazole rings is 1. The standard InChI is InChI=1S/C23H30N6O2/c1-17-13-21(25-16-24-17)28-11-6-10-23(31,15-28)14-27(3)22(30)9-12-29-18(2)26-19-7-4-5-8-20(19)29/h4-5,7-8,13,16,31H,6,9-12,14-15H2,1-3H3/t23-/m1/s1. The summed E-state index contributed by atoms with van der Waals surface area (Å²) in [5, 5.41) is 11.2. The number of rotatable bonds is 6. The van der Waals surface area contributed by atoms with Crippen molar-refractivity contribution < 1.29 is 9.90 Å². The molecule has 0 unspecified atom stereocenters. The van der Waals surface area contributed by atoms with Crippen LogP contribution in [0.25, 0.3) is 11.0 Å². The van der Waals surface area contributed by atoms with E-state index < -0.39 is 5.60 Å². The number of carbonyl (C=O) groups is 1. The average molecular weight is 423 g/mol. The van der Waals surface area contributed by atoms with Crippen LogP contribution in [0.1, 0.15) is 30.8 Å². The van der Waals surface area contributed by atoms with E-state index in [2.05, 4.69) is 24.4 Å². The highest BCUT2D eigenvalue weighted by Crippen LogP contribution is 2.26. The zero-order chi connectivity index (χ0) is 22.0. The third-order valence-corrected chi connectivity index (χ3v) is 6.02. The van der Waals surface area contributed by atoms with Gasteiger partial charge in [0, 0.05) is 44.9 Å². The van der Waals surface area contributed by atoms with Crippen LogP contribution in [-0.2, 0) is 11.3 Å². The van der Waals surface area contributed by atoms with Crippen LogP contribution >= 0.6 is 0 Å². The zero-order valence-electron chi connectivity index (χ0n) is 18.5. The third kappa shape index (κ3) is 4.69. The molecule has 0 bridgehead atoms. The summed E-state index contributed by atoms with van der Waals surface area (Å²) in [5.41, 5.74) is 1.92. The van der Waals surface area contributed by atoms with Crippen LogP contribution in [0.3, 0.4) is 0 Å². The highest BCUT2D eigenvalue weighted by Gasteiger charge is 2.36. The van der Waals surface area contributed by atoms with E-state index in [9.17, 15) is 9.90 Å². The number of likely N-dealkylation sites (N-methyl/N-ethyl adjacent to an activating group) is 1. The Morgan fingerprint density at radius 3 is 2.87 bits per heavy atom. The fourth-order valence-electron chi connectivity index (χ4n) is 4.46. The number of β-amino-alcohol motifs (C(OH)–C–C–N with tert-alkyl or cyclic N) is 1. The van der Waals surface area contributed by atoms with Crippen LogP contribution in [0.15, 0.2) is 36.7 Å². The van der Waals surface area contributed by atoms with Crippen molar-refractivity contribution in [2.45, 2.75) is 45.3 Å². The summed E-state index contributed by atoms with van der Waals surface area (Å²) >= 11 is 0. The van der Waals surface area contributed by atoms with E-state index in [4.69, 9.17) is 0 Å². The van der Waals surface area contributed by atoms with E-state index in [1.54, 1.807) is 18.3 Å². The number of aliphatic hydroxyl groups is 1. The quantitative estimate of drug-likeness (QED) is 0.656. The highest BCUT2D eigenvalue weighted by molar-refractivity contribution is 5.78. The van der Waals surface area contributed by atoms with Gasteiger partial charge in [-0.3, -0.25) is 4.79 Å². The number of amides is 1. The van der Waals surface area contributed by atoms with Crippen LogP contribution < -0.4 is 4.90 Å². The van der Waals surface area contributed by atoms with Gasteiger partial charge in [-0.2, -0.15) is 0 Å². The van der Waals surface area contributed by atoms with Crippen molar-refractivity contribution in [2.24, 2.45) is 0 Å². The third-order valence-electron chi connectivity index (χ3n) is 6.02. The molecule has 1 atom stereocenters. The Bertz CT molecular complexity index is 1080. The number of fused-ring (bicyclic) bond motifs is 1. The molecule has 0 saturated carbocycles. The molecule has 3 heterocycles. The lowest BCUT2D eigenvalue weighted by Crippen LogP contribution is -2.55. The first kappa shape index (κ1) is 21.2. The maximum absolute atomic E-state index is 12.8. The van der Waals surface area contributed by atoms with Gasteiger partial charge in [-0.15, -0.1) is 0 Å². The molecule has 1 N–H and O–H groups in total. The lowest BCUT2D eigenvalue weighted by Gasteiger charge is -2.41. The Morgan fingerprint density at radius 2 is 2.06 bits per heavy atom. The molecule has 0 radical (unpaired) electrons. The predicted molar refractivity (Wildman–Crippen MR) is 120 cm³/mol. The number of benzene rings is 1. The van der Waals surface area contributed by atoms with Gasteiger partial charge >= 0.3 is 0 Å². The number of para-hydroxylation sites is 2. The van der Waals surface area contributed by atoms with Crippen molar-refractivity contribution in [3.63, 3.8) is 0 Å². The molecule has 3 aromatic rings. The topological polar surface area (TPSA) is 87.4 Å².